The smallest absolute Gasteiger partial charge is 0.384 e. The monoisotopic (exact) mass is 238 g/mol. The molecule has 0 heterocycles. The quantitative estimate of drug-likeness (QED) is 0.420. The highest BCUT2D eigenvalue weighted by Crippen LogP contribution is 2.20. The molecule has 0 radical (unpaired) electrons. The van der Waals surface area contributed by atoms with Crippen LogP contribution in [-0.2, 0) is 14.3 Å². The number of hydrogen-bond donors (Lipinski definition) is 0. The van der Waals surface area contributed by atoms with E-state index in [1.165, 1.54) is 0 Å². The third-order valence-corrected chi connectivity index (χ3v) is 1.12. The van der Waals surface area contributed by atoms with Gasteiger partial charge in [0.15, 0.2) is 13.3 Å². The molecule has 0 aliphatic heterocycles. The summed E-state index contributed by atoms with van der Waals surface area (Å²) in [6.07, 6.45) is 0. The molecule has 0 N–H and O–H groups in total. The molecule has 0 saturated heterocycles. The first-order chi connectivity index (χ1) is 6.67. The molecule has 9 heteroatoms. The van der Waals surface area contributed by atoms with Gasteiger partial charge < -0.3 is 4.74 Å². The minimum absolute atomic E-state index is 2.51. The van der Waals surface area contributed by atoms with Gasteiger partial charge in [-0.2, -0.15) is 17.6 Å². The first-order valence-electron chi connectivity index (χ1n) is 3.31. The summed E-state index contributed by atoms with van der Waals surface area (Å²) >= 11 is 0. The van der Waals surface area contributed by atoms with E-state index in [9.17, 15) is 35.9 Å². The maximum absolute atomic E-state index is 12.1. The Hall–Kier alpha value is -1.28. The minimum Gasteiger partial charge on any atom is -0.384 e. The standard InChI is InChI=1S/C6H4F6O3/c7-1-5(9,10)3(13)15-4(14)6(11,12)2-8/h1-2H2. The summed E-state index contributed by atoms with van der Waals surface area (Å²) in [6, 6.07) is 0. The van der Waals surface area contributed by atoms with Crippen LogP contribution in [0.25, 0.3) is 0 Å². The zero-order chi connectivity index (χ0) is 12.3. The van der Waals surface area contributed by atoms with Crippen LogP contribution in [0.1, 0.15) is 0 Å². The van der Waals surface area contributed by atoms with E-state index < -0.39 is 37.1 Å². The maximum Gasteiger partial charge on any atom is 0.387 e. The van der Waals surface area contributed by atoms with Gasteiger partial charge in [0, 0.05) is 0 Å². The van der Waals surface area contributed by atoms with Crippen LogP contribution in [0.4, 0.5) is 26.3 Å². The summed E-state index contributed by atoms with van der Waals surface area (Å²) in [5, 5.41) is 0. The van der Waals surface area contributed by atoms with Crippen LogP contribution in [0.2, 0.25) is 0 Å². The van der Waals surface area contributed by atoms with Gasteiger partial charge in [-0.25, -0.2) is 18.4 Å². The molecule has 0 spiro atoms. The fourth-order valence-electron chi connectivity index (χ4n) is 0.343. The van der Waals surface area contributed by atoms with Crippen molar-refractivity contribution in [2.24, 2.45) is 0 Å². The molecule has 0 aromatic heterocycles. The number of ether oxygens (including phenoxy) is 1. The van der Waals surface area contributed by atoms with E-state index in [4.69, 9.17) is 0 Å². The molecule has 0 amide bonds. The first kappa shape index (κ1) is 13.7. The Morgan fingerprint density at radius 3 is 1.33 bits per heavy atom. The Morgan fingerprint density at radius 1 is 0.867 bits per heavy atom. The lowest BCUT2D eigenvalue weighted by Crippen LogP contribution is -2.40. The van der Waals surface area contributed by atoms with Gasteiger partial charge in [-0.3, -0.25) is 0 Å². The molecule has 3 nitrogen and oxygen atoms in total. The molecular formula is C6H4F6O3. The van der Waals surface area contributed by atoms with Crippen molar-refractivity contribution >= 4 is 11.9 Å². The summed E-state index contributed by atoms with van der Waals surface area (Å²) in [7, 11) is 0. The average molecular weight is 238 g/mol. The molecule has 0 aromatic carbocycles. The molecule has 0 bridgehead atoms. The van der Waals surface area contributed by atoms with Gasteiger partial charge in [-0.05, 0) is 0 Å². The molecular weight excluding hydrogens is 234 g/mol. The van der Waals surface area contributed by atoms with Crippen molar-refractivity contribution < 1.29 is 40.7 Å². The maximum atomic E-state index is 12.1. The SMILES string of the molecule is O=C(OC(=O)C(F)(F)CF)C(F)(F)CF. The predicted molar refractivity (Wildman–Crippen MR) is 32.9 cm³/mol. The lowest BCUT2D eigenvalue weighted by Gasteiger charge is -2.13. The Bertz CT molecular complexity index is 238. The highest BCUT2D eigenvalue weighted by Gasteiger charge is 2.48. The van der Waals surface area contributed by atoms with Gasteiger partial charge in [0.25, 0.3) is 0 Å². The second-order valence-corrected chi connectivity index (χ2v) is 2.35. The molecule has 0 aliphatic carbocycles. The van der Waals surface area contributed by atoms with Crippen LogP contribution >= 0.6 is 0 Å². The Kier molecular flexibility index (Phi) is 4.11. The van der Waals surface area contributed by atoms with E-state index in [0.717, 1.165) is 0 Å². The summed E-state index contributed by atoms with van der Waals surface area (Å²) in [6.45, 7) is -5.03. The molecule has 0 rings (SSSR count). The van der Waals surface area contributed by atoms with E-state index in [0.29, 0.717) is 0 Å². The highest BCUT2D eigenvalue weighted by molar-refractivity contribution is 5.92. The van der Waals surface area contributed by atoms with Crippen LogP contribution in [0.5, 0.6) is 0 Å². The largest absolute Gasteiger partial charge is 0.387 e. The molecule has 0 aromatic rings. The van der Waals surface area contributed by atoms with Crippen LogP contribution in [-0.4, -0.2) is 37.1 Å². The van der Waals surface area contributed by atoms with Crippen molar-refractivity contribution in [2.75, 3.05) is 13.3 Å². The Balaban J connectivity index is 4.51. The van der Waals surface area contributed by atoms with Gasteiger partial charge >= 0.3 is 23.8 Å². The van der Waals surface area contributed by atoms with Gasteiger partial charge in [-0.15, -0.1) is 0 Å². The second-order valence-electron chi connectivity index (χ2n) is 2.35. The summed E-state index contributed by atoms with van der Waals surface area (Å²) in [4.78, 5) is 20.4. The fraction of sp³-hybridized carbons (Fsp3) is 0.667. The summed E-state index contributed by atoms with van der Waals surface area (Å²) < 4.78 is 74.0. The van der Waals surface area contributed by atoms with Crippen molar-refractivity contribution in [1.29, 1.82) is 0 Å². The van der Waals surface area contributed by atoms with Crippen LogP contribution in [0.3, 0.4) is 0 Å². The average Bonchev–Trinajstić information content (AvgIpc) is 2.17. The molecule has 88 valence electrons. The lowest BCUT2D eigenvalue weighted by molar-refractivity contribution is -0.194. The van der Waals surface area contributed by atoms with Gasteiger partial charge in [-0.1, -0.05) is 0 Å². The van der Waals surface area contributed by atoms with Crippen molar-refractivity contribution in [3.8, 4) is 0 Å². The third-order valence-electron chi connectivity index (χ3n) is 1.12. The summed E-state index contributed by atoms with van der Waals surface area (Å²) in [5.41, 5.74) is 0. The molecule has 15 heavy (non-hydrogen) atoms. The number of hydrogen-bond acceptors (Lipinski definition) is 3. The van der Waals surface area contributed by atoms with Crippen LogP contribution in [0.15, 0.2) is 0 Å². The normalized spacial score (nSPS) is 12.4. The number of halogens is 6. The van der Waals surface area contributed by atoms with Gasteiger partial charge in [0.1, 0.15) is 0 Å². The predicted octanol–water partition coefficient (Wildman–Crippen LogP) is 1.27. The fourth-order valence-corrected chi connectivity index (χ4v) is 0.343. The highest BCUT2D eigenvalue weighted by atomic mass is 19.3. The van der Waals surface area contributed by atoms with Crippen molar-refractivity contribution in [2.45, 2.75) is 11.8 Å². The van der Waals surface area contributed by atoms with Gasteiger partial charge in [0.05, 0.1) is 0 Å². The second kappa shape index (κ2) is 4.49. The molecule has 0 fully saturated rings. The van der Waals surface area contributed by atoms with E-state index in [-0.39, 0.29) is 0 Å². The van der Waals surface area contributed by atoms with Crippen molar-refractivity contribution in [1.82, 2.24) is 0 Å². The zero-order valence-electron chi connectivity index (χ0n) is 6.91. The first-order valence-corrected chi connectivity index (χ1v) is 3.31. The molecule has 0 unspecified atom stereocenters. The van der Waals surface area contributed by atoms with Gasteiger partial charge in [0.2, 0.25) is 0 Å². The Morgan fingerprint density at radius 2 is 1.13 bits per heavy atom. The molecule has 0 saturated carbocycles. The van der Waals surface area contributed by atoms with Crippen LogP contribution < -0.4 is 0 Å². The Labute approximate surface area is 79.0 Å². The van der Waals surface area contributed by atoms with Crippen molar-refractivity contribution in [3.05, 3.63) is 0 Å². The zero-order valence-corrected chi connectivity index (χ0v) is 6.91. The van der Waals surface area contributed by atoms with E-state index in [1.807, 2.05) is 0 Å². The van der Waals surface area contributed by atoms with Crippen LogP contribution in [0, 0.1) is 0 Å². The van der Waals surface area contributed by atoms with E-state index in [2.05, 4.69) is 4.74 Å². The number of carbonyl (C=O) groups excluding carboxylic acids is 2. The third kappa shape index (κ3) is 3.40. The number of esters is 2. The molecule has 0 atom stereocenters. The number of carbonyl (C=O) groups is 2. The summed E-state index contributed by atoms with van der Waals surface area (Å²) in [5.74, 6) is -15.0. The minimum atomic E-state index is -4.71. The number of rotatable bonds is 4. The van der Waals surface area contributed by atoms with Crippen molar-refractivity contribution in [3.63, 3.8) is 0 Å². The lowest BCUT2D eigenvalue weighted by atomic mass is 10.3. The number of alkyl halides is 6. The topological polar surface area (TPSA) is 43.4 Å². The molecule has 0 aliphatic rings. The van der Waals surface area contributed by atoms with E-state index in [1.54, 1.807) is 0 Å². The van der Waals surface area contributed by atoms with E-state index >= 15 is 0 Å².